The van der Waals surface area contributed by atoms with E-state index in [2.05, 4.69) is 31.4 Å². The average Bonchev–Trinajstić information content (AvgIpc) is 2.68. The summed E-state index contributed by atoms with van der Waals surface area (Å²) in [4.78, 5) is 0. The van der Waals surface area contributed by atoms with Gasteiger partial charge in [0.2, 0.25) is 11.8 Å². The van der Waals surface area contributed by atoms with E-state index in [9.17, 15) is 8.78 Å². The maximum Gasteiger partial charge on any atom is 0.235 e. The van der Waals surface area contributed by atoms with Crippen LogP contribution in [0.1, 0.15) is 11.8 Å². The van der Waals surface area contributed by atoms with Crippen LogP contribution in [0.15, 0.2) is 21.0 Å². The number of aryl methyl sites for hydroxylation is 1. The molecule has 2 rings (SSSR count). The van der Waals surface area contributed by atoms with Gasteiger partial charge in [-0.3, -0.25) is 0 Å². The minimum atomic E-state index is -0.679. The van der Waals surface area contributed by atoms with Crippen LogP contribution >= 0.6 is 15.9 Å². The molecule has 1 N–H and O–H groups in total. The van der Waals surface area contributed by atoms with Gasteiger partial charge in [0.15, 0.2) is 0 Å². The smallest absolute Gasteiger partial charge is 0.235 e. The quantitative estimate of drug-likeness (QED) is 0.886. The van der Waals surface area contributed by atoms with Crippen LogP contribution in [-0.2, 0) is 6.54 Å². The number of nitrogens with zero attached hydrogens (tertiary/aromatic N) is 2. The summed E-state index contributed by atoms with van der Waals surface area (Å²) in [5.74, 6) is -0.562. The summed E-state index contributed by atoms with van der Waals surface area (Å²) in [6, 6.07) is 2.11. The molecule has 0 bridgehead atoms. The van der Waals surface area contributed by atoms with Crippen LogP contribution in [0.25, 0.3) is 0 Å². The van der Waals surface area contributed by atoms with Crippen molar-refractivity contribution in [2.45, 2.75) is 13.5 Å². The topological polar surface area (TPSA) is 51.0 Å². The molecule has 1 heterocycles. The molecule has 0 amide bonds. The second-order valence-corrected chi connectivity index (χ2v) is 4.17. The standard InChI is InChI=1S/C10H8BrF2N3O/c1-5-15-16-10(17-5)4-14-9-2-6(11)7(12)3-8(9)13/h2-3,14H,4H2,1H3. The second kappa shape index (κ2) is 4.79. The van der Waals surface area contributed by atoms with E-state index in [4.69, 9.17) is 4.42 Å². The third kappa shape index (κ3) is 2.79. The van der Waals surface area contributed by atoms with Crippen molar-refractivity contribution in [3.8, 4) is 0 Å². The zero-order valence-corrected chi connectivity index (χ0v) is 10.4. The lowest BCUT2D eigenvalue weighted by molar-refractivity contribution is 0.474. The zero-order valence-electron chi connectivity index (χ0n) is 8.80. The minimum absolute atomic E-state index is 0.161. The molecule has 4 nitrogen and oxygen atoms in total. The van der Waals surface area contributed by atoms with Crippen LogP contribution in [0, 0.1) is 18.6 Å². The second-order valence-electron chi connectivity index (χ2n) is 3.31. The van der Waals surface area contributed by atoms with Gasteiger partial charge < -0.3 is 9.73 Å². The predicted octanol–water partition coefficient (Wildman–Crippen LogP) is 3.03. The molecular weight excluding hydrogens is 296 g/mol. The van der Waals surface area contributed by atoms with Gasteiger partial charge in [-0.25, -0.2) is 8.78 Å². The number of rotatable bonds is 3. The molecule has 0 aliphatic carbocycles. The van der Waals surface area contributed by atoms with E-state index in [0.29, 0.717) is 11.8 Å². The lowest BCUT2D eigenvalue weighted by atomic mass is 10.3. The van der Waals surface area contributed by atoms with Crippen molar-refractivity contribution in [1.29, 1.82) is 0 Å². The van der Waals surface area contributed by atoms with Gasteiger partial charge in [-0.05, 0) is 22.0 Å². The van der Waals surface area contributed by atoms with Crippen LogP contribution in [-0.4, -0.2) is 10.2 Å². The van der Waals surface area contributed by atoms with E-state index in [1.165, 1.54) is 6.07 Å². The monoisotopic (exact) mass is 303 g/mol. The summed E-state index contributed by atoms with van der Waals surface area (Å²) in [7, 11) is 0. The van der Waals surface area contributed by atoms with E-state index >= 15 is 0 Å². The van der Waals surface area contributed by atoms with Crippen molar-refractivity contribution in [3.63, 3.8) is 0 Å². The van der Waals surface area contributed by atoms with E-state index < -0.39 is 11.6 Å². The van der Waals surface area contributed by atoms with Crippen LogP contribution < -0.4 is 5.32 Å². The summed E-state index contributed by atoms with van der Waals surface area (Å²) in [5.41, 5.74) is 0.161. The molecule has 0 radical (unpaired) electrons. The number of hydrogen-bond acceptors (Lipinski definition) is 4. The van der Waals surface area contributed by atoms with Gasteiger partial charge in [0.05, 0.1) is 16.7 Å². The van der Waals surface area contributed by atoms with Gasteiger partial charge in [0.25, 0.3) is 0 Å². The number of aromatic nitrogens is 2. The normalized spacial score (nSPS) is 10.6. The SMILES string of the molecule is Cc1nnc(CNc2cc(Br)c(F)cc2F)o1. The highest BCUT2D eigenvalue weighted by Crippen LogP contribution is 2.23. The Morgan fingerprint density at radius 2 is 2.06 bits per heavy atom. The molecule has 0 aliphatic heterocycles. The van der Waals surface area contributed by atoms with Crippen molar-refractivity contribution in [1.82, 2.24) is 10.2 Å². The van der Waals surface area contributed by atoms with Crippen LogP contribution in [0.5, 0.6) is 0 Å². The fourth-order valence-corrected chi connectivity index (χ4v) is 1.58. The lowest BCUT2D eigenvalue weighted by Gasteiger charge is -2.06. The van der Waals surface area contributed by atoms with Gasteiger partial charge in [0.1, 0.15) is 11.6 Å². The number of halogens is 3. The maximum absolute atomic E-state index is 13.3. The Morgan fingerprint density at radius 3 is 2.71 bits per heavy atom. The third-order valence-electron chi connectivity index (χ3n) is 2.01. The van der Waals surface area contributed by atoms with Crippen molar-refractivity contribution in [3.05, 3.63) is 40.0 Å². The summed E-state index contributed by atoms with van der Waals surface area (Å²) >= 11 is 2.98. The highest BCUT2D eigenvalue weighted by Gasteiger charge is 2.09. The molecule has 7 heteroatoms. The summed E-state index contributed by atoms with van der Waals surface area (Å²) in [6.45, 7) is 1.83. The molecule has 0 saturated carbocycles. The van der Waals surface area contributed by atoms with E-state index in [0.717, 1.165) is 6.07 Å². The average molecular weight is 304 g/mol. The number of nitrogens with one attached hydrogen (secondary N) is 1. The first-order chi connectivity index (χ1) is 8.06. The molecule has 0 aliphatic rings. The maximum atomic E-state index is 13.3. The van der Waals surface area contributed by atoms with Gasteiger partial charge in [-0.2, -0.15) is 0 Å². The molecule has 90 valence electrons. The first kappa shape index (κ1) is 12.0. The van der Waals surface area contributed by atoms with Gasteiger partial charge in [-0.15, -0.1) is 10.2 Å². The highest BCUT2D eigenvalue weighted by atomic mass is 79.9. The number of anilines is 1. The summed E-state index contributed by atoms with van der Waals surface area (Å²) in [5, 5.41) is 10.1. The Bertz CT molecular complexity index is 544. The fourth-order valence-electron chi connectivity index (χ4n) is 1.24. The van der Waals surface area contributed by atoms with Gasteiger partial charge in [-0.1, -0.05) is 0 Å². The molecule has 2 aromatic rings. The van der Waals surface area contributed by atoms with Crippen molar-refractivity contribution < 1.29 is 13.2 Å². The first-order valence-electron chi connectivity index (χ1n) is 4.73. The summed E-state index contributed by atoms with van der Waals surface area (Å²) in [6.07, 6.45) is 0. The zero-order chi connectivity index (χ0) is 12.4. The molecule has 0 spiro atoms. The Hall–Kier alpha value is -1.50. The molecule has 17 heavy (non-hydrogen) atoms. The molecule has 1 aromatic heterocycles. The number of benzene rings is 1. The molecule has 1 aromatic carbocycles. The lowest BCUT2D eigenvalue weighted by Crippen LogP contribution is -2.02. The minimum Gasteiger partial charge on any atom is -0.424 e. The summed E-state index contributed by atoms with van der Waals surface area (Å²) < 4.78 is 31.6. The van der Waals surface area contributed by atoms with Crippen LogP contribution in [0.3, 0.4) is 0 Å². The highest BCUT2D eigenvalue weighted by molar-refractivity contribution is 9.10. The Kier molecular flexibility index (Phi) is 3.37. The molecular formula is C10H8BrF2N3O. The van der Waals surface area contributed by atoms with Crippen molar-refractivity contribution >= 4 is 21.6 Å². The third-order valence-corrected chi connectivity index (χ3v) is 2.62. The van der Waals surface area contributed by atoms with E-state index in [1.807, 2.05) is 0 Å². The van der Waals surface area contributed by atoms with Crippen LogP contribution in [0.4, 0.5) is 14.5 Å². The van der Waals surface area contributed by atoms with E-state index in [-0.39, 0.29) is 16.7 Å². The van der Waals surface area contributed by atoms with Crippen LogP contribution in [0.2, 0.25) is 0 Å². The van der Waals surface area contributed by atoms with Gasteiger partial charge >= 0.3 is 0 Å². The van der Waals surface area contributed by atoms with E-state index in [1.54, 1.807) is 6.92 Å². The van der Waals surface area contributed by atoms with Crippen molar-refractivity contribution in [2.75, 3.05) is 5.32 Å². The number of hydrogen-bond donors (Lipinski definition) is 1. The predicted molar refractivity (Wildman–Crippen MR) is 60.4 cm³/mol. The Morgan fingerprint density at radius 1 is 1.29 bits per heavy atom. The first-order valence-corrected chi connectivity index (χ1v) is 5.53. The molecule has 0 atom stereocenters. The molecule has 0 unspecified atom stereocenters. The largest absolute Gasteiger partial charge is 0.424 e. The van der Waals surface area contributed by atoms with Gasteiger partial charge in [0, 0.05) is 13.0 Å². The molecule has 0 fully saturated rings. The fraction of sp³-hybridized carbons (Fsp3) is 0.200. The Labute approximate surface area is 104 Å². The van der Waals surface area contributed by atoms with Crippen molar-refractivity contribution in [2.24, 2.45) is 0 Å². The molecule has 0 saturated heterocycles. The Balaban J connectivity index is 2.11.